The van der Waals surface area contributed by atoms with E-state index in [-0.39, 0.29) is 17.7 Å². The second kappa shape index (κ2) is 11.5. The number of nitrogens with one attached hydrogen (secondary N) is 1. The smallest absolute Gasteiger partial charge is 0.294 e. The van der Waals surface area contributed by atoms with Crippen molar-refractivity contribution in [2.24, 2.45) is 0 Å². The number of ether oxygens (including phenoxy) is 4. The van der Waals surface area contributed by atoms with Crippen molar-refractivity contribution >= 4 is 17.5 Å². The standard InChI is InChI=1S/C29H32N2O7/c1-34-22-12-10-19(17-25(22)35-2)27(28(32)30-20-7-4-3-5-8-20)31(29(33)24-9-6-14-36-24)21-11-13-23-26(18-21)38-16-15-37-23/h6,9-14,17-18,20,27H,3-5,7-8,15-16H2,1-2H3,(H,30,32). The van der Waals surface area contributed by atoms with E-state index >= 15 is 0 Å². The van der Waals surface area contributed by atoms with Gasteiger partial charge in [-0.1, -0.05) is 25.3 Å². The molecule has 0 bridgehead atoms. The average molecular weight is 521 g/mol. The van der Waals surface area contributed by atoms with Crippen LogP contribution in [-0.2, 0) is 4.79 Å². The number of carbonyl (C=O) groups is 2. The molecule has 1 aromatic heterocycles. The van der Waals surface area contributed by atoms with Crippen molar-refractivity contribution in [3.63, 3.8) is 0 Å². The summed E-state index contributed by atoms with van der Waals surface area (Å²) < 4.78 is 27.9. The molecule has 0 radical (unpaired) electrons. The fourth-order valence-corrected chi connectivity index (χ4v) is 5.05. The van der Waals surface area contributed by atoms with Gasteiger partial charge in [0.15, 0.2) is 28.8 Å². The molecule has 1 aliphatic heterocycles. The summed E-state index contributed by atoms with van der Waals surface area (Å²) in [6, 6.07) is 12.7. The number of carbonyl (C=O) groups excluding carboxylic acids is 2. The van der Waals surface area contributed by atoms with Gasteiger partial charge in [0.25, 0.3) is 5.91 Å². The second-order valence-corrected chi connectivity index (χ2v) is 9.34. The molecule has 0 spiro atoms. The first-order valence-corrected chi connectivity index (χ1v) is 12.9. The highest BCUT2D eigenvalue weighted by atomic mass is 16.6. The zero-order chi connectivity index (χ0) is 26.5. The number of amides is 2. The summed E-state index contributed by atoms with van der Waals surface area (Å²) in [5.74, 6) is 1.41. The first-order valence-electron chi connectivity index (χ1n) is 12.9. The maximum absolute atomic E-state index is 14.1. The van der Waals surface area contributed by atoms with E-state index in [9.17, 15) is 9.59 Å². The molecular formula is C29H32N2O7. The zero-order valence-electron chi connectivity index (χ0n) is 21.6. The lowest BCUT2D eigenvalue weighted by Crippen LogP contribution is -2.47. The second-order valence-electron chi connectivity index (χ2n) is 9.34. The lowest BCUT2D eigenvalue weighted by atomic mass is 9.94. The van der Waals surface area contributed by atoms with Crippen LogP contribution in [0.2, 0.25) is 0 Å². The molecular weight excluding hydrogens is 488 g/mol. The summed E-state index contributed by atoms with van der Waals surface area (Å²) in [5, 5.41) is 3.20. The molecule has 2 amide bonds. The minimum atomic E-state index is -1.03. The molecule has 2 aromatic carbocycles. The van der Waals surface area contributed by atoms with Gasteiger partial charge >= 0.3 is 0 Å². The molecule has 1 aliphatic carbocycles. The molecule has 1 N–H and O–H groups in total. The van der Waals surface area contributed by atoms with Gasteiger partial charge in [-0.2, -0.15) is 0 Å². The van der Waals surface area contributed by atoms with E-state index in [1.54, 1.807) is 55.6 Å². The fraction of sp³-hybridized carbons (Fsp3) is 0.379. The molecule has 1 fully saturated rings. The van der Waals surface area contributed by atoms with Gasteiger partial charge in [-0.25, -0.2) is 0 Å². The Morgan fingerprint density at radius 1 is 0.921 bits per heavy atom. The first kappa shape index (κ1) is 25.5. The van der Waals surface area contributed by atoms with Crippen LogP contribution >= 0.6 is 0 Å². The normalized spacial score (nSPS) is 15.8. The van der Waals surface area contributed by atoms with Gasteiger partial charge in [-0.3, -0.25) is 14.5 Å². The van der Waals surface area contributed by atoms with Crippen LogP contribution < -0.4 is 29.2 Å². The van der Waals surface area contributed by atoms with Crippen LogP contribution in [0.4, 0.5) is 5.69 Å². The molecule has 0 saturated heterocycles. The Bertz CT molecular complexity index is 1270. The van der Waals surface area contributed by atoms with Crippen molar-refractivity contribution < 1.29 is 33.0 Å². The molecule has 2 heterocycles. The summed E-state index contributed by atoms with van der Waals surface area (Å²) in [6.07, 6.45) is 6.52. The van der Waals surface area contributed by atoms with Crippen LogP contribution in [0.3, 0.4) is 0 Å². The number of furan rings is 1. The van der Waals surface area contributed by atoms with Gasteiger partial charge in [-0.15, -0.1) is 0 Å². The molecule has 9 heteroatoms. The third kappa shape index (κ3) is 5.27. The molecule has 1 unspecified atom stereocenters. The Morgan fingerprint density at radius 2 is 1.68 bits per heavy atom. The number of benzene rings is 2. The van der Waals surface area contributed by atoms with Crippen molar-refractivity contribution in [1.29, 1.82) is 0 Å². The SMILES string of the molecule is COc1ccc(C(C(=O)NC2CCCCC2)N(C(=O)c2ccco2)c2ccc3c(c2)OCCO3)cc1OC. The number of hydrogen-bond acceptors (Lipinski definition) is 7. The number of fused-ring (bicyclic) bond motifs is 1. The van der Waals surface area contributed by atoms with Crippen LogP contribution in [0.5, 0.6) is 23.0 Å². The maximum atomic E-state index is 14.1. The Labute approximate surface area is 221 Å². The molecule has 9 nitrogen and oxygen atoms in total. The summed E-state index contributed by atoms with van der Waals surface area (Å²) in [5.41, 5.74) is 1.03. The van der Waals surface area contributed by atoms with Crippen molar-refractivity contribution in [3.05, 3.63) is 66.1 Å². The largest absolute Gasteiger partial charge is 0.493 e. The van der Waals surface area contributed by atoms with E-state index < -0.39 is 11.9 Å². The third-order valence-corrected chi connectivity index (χ3v) is 6.94. The Morgan fingerprint density at radius 3 is 2.39 bits per heavy atom. The summed E-state index contributed by atoms with van der Waals surface area (Å²) in [4.78, 5) is 29.5. The van der Waals surface area contributed by atoms with Crippen molar-refractivity contribution in [2.75, 3.05) is 32.3 Å². The molecule has 2 aliphatic rings. The fourth-order valence-electron chi connectivity index (χ4n) is 5.05. The van der Waals surface area contributed by atoms with Crippen LogP contribution in [0.1, 0.15) is 54.3 Å². The van der Waals surface area contributed by atoms with Gasteiger partial charge in [0.05, 0.1) is 20.5 Å². The van der Waals surface area contributed by atoms with E-state index in [1.165, 1.54) is 18.3 Å². The molecule has 5 rings (SSSR count). The van der Waals surface area contributed by atoms with Crippen LogP contribution in [0.15, 0.2) is 59.2 Å². The van der Waals surface area contributed by atoms with Crippen LogP contribution in [0, 0.1) is 0 Å². The van der Waals surface area contributed by atoms with Crippen molar-refractivity contribution in [2.45, 2.75) is 44.2 Å². The Hall–Kier alpha value is -4.14. The highest BCUT2D eigenvalue weighted by Crippen LogP contribution is 2.39. The summed E-state index contributed by atoms with van der Waals surface area (Å²) in [6.45, 7) is 0.837. The first-order chi connectivity index (χ1) is 18.6. The van der Waals surface area contributed by atoms with E-state index in [2.05, 4.69) is 5.32 Å². The predicted octanol–water partition coefficient (Wildman–Crippen LogP) is 4.91. The third-order valence-electron chi connectivity index (χ3n) is 6.94. The number of methoxy groups -OCH3 is 2. The predicted molar refractivity (Wildman–Crippen MR) is 140 cm³/mol. The Kier molecular flexibility index (Phi) is 7.72. The van der Waals surface area contributed by atoms with Crippen LogP contribution in [-0.4, -0.2) is 45.3 Å². The highest BCUT2D eigenvalue weighted by molar-refractivity contribution is 6.09. The highest BCUT2D eigenvalue weighted by Gasteiger charge is 2.36. The number of rotatable bonds is 8. The zero-order valence-corrected chi connectivity index (χ0v) is 21.6. The molecule has 1 atom stereocenters. The van der Waals surface area contributed by atoms with Gasteiger partial charge in [0.1, 0.15) is 19.3 Å². The van der Waals surface area contributed by atoms with Crippen molar-refractivity contribution in [1.82, 2.24) is 5.32 Å². The van der Waals surface area contributed by atoms with E-state index in [0.717, 1.165) is 32.1 Å². The van der Waals surface area contributed by atoms with E-state index in [1.807, 2.05) is 0 Å². The quantitative estimate of drug-likeness (QED) is 0.451. The number of hydrogen-bond donors (Lipinski definition) is 1. The summed E-state index contributed by atoms with van der Waals surface area (Å²) >= 11 is 0. The molecule has 1 saturated carbocycles. The topological polar surface area (TPSA) is 99.5 Å². The lowest BCUT2D eigenvalue weighted by molar-refractivity contribution is -0.123. The van der Waals surface area contributed by atoms with Gasteiger partial charge in [0, 0.05) is 17.8 Å². The lowest BCUT2D eigenvalue weighted by Gasteiger charge is -2.33. The van der Waals surface area contributed by atoms with E-state index in [0.29, 0.717) is 47.5 Å². The van der Waals surface area contributed by atoms with E-state index in [4.69, 9.17) is 23.4 Å². The number of anilines is 1. The average Bonchev–Trinajstić information content (AvgIpc) is 3.51. The van der Waals surface area contributed by atoms with Crippen molar-refractivity contribution in [3.8, 4) is 23.0 Å². The van der Waals surface area contributed by atoms with Crippen LogP contribution in [0.25, 0.3) is 0 Å². The maximum Gasteiger partial charge on any atom is 0.294 e. The Balaban J connectivity index is 1.63. The summed E-state index contributed by atoms with van der Waals surface area (Å²) in [7, 11) is 3.08. The minimum Gasteiger partial charge on any atom is -0.493 e. The number of nitrogens with zero attached hydrogens (tertiary/aromatic N) is 1. The van der Waals surface area contributed by atoms with Gasteiger partial charge in [0.2, 0.25) is 5.91 Å². The van der Waals surface area contributed by atoms with Gasteiger partial charge < -0.3 is 28.7 Å². The van der Waals surface area contributed by atoms with Gasteiger partial charge in [-0.05, 0) is 54.8 Å². The monoisotopic (exact) mass is 520 g/mol. The molecule has 200 valence electrons. The molecule has 38 heavy (non-hydrogen) atoms. The minimum absolute atomic E-state index is 0.0414. The molecule has 3 aromatic rings.